The Kier molecular flexibility index (Phi) is 3.84. The van der Waals surface area contributed by atoms with Crippen molar-refractivity contribution < 1.29 is 9.90 Å². The topological polar surface area (TPSA) is 66.3 Å². The van der Waals surface area contributed by atoms with Crippen molar-refractivity contribution >= 4 is 16.9 Å². The van der Waals surface area contributed by atoms with Crippen LogP contribution in [0.3, 0.4) is 0 Å². The molecule has 0 bridgehead atoms. The monoisotopic (exact) mass is 285 g/mol. The summed E-state index contributed by atoms with van der Waals surface area (Å²) in [5, 5.41) is 9.59. The van der Waals surface area contributed by atoms with Gasteiger partial charge in [-0.15, -0.1) is 0 Å². The molecule has 5 heteroatoms. The summed E-state index contributed by atoms with van der Waals surface area (Å²) in [7, 11) is 0. The number of carbonyl (C=O) groups excluding carboxylic acids is 1. The first kappa shape index (κ1) is 13.9. The van der Waals surface area contributed by atoms with Crippen molar-refractivity contribution in [3.63, 3.8) is 0 Å². The molecule has 1 N–H and O–H groups in total. The third kappa shape index (κ3) is 2.74. The van der Waals surface area contributed by atoms with Gasteiger partial charge in [0.2, 0.25) is 0 Å². The second kappa shape index (κ2) is 5.77. The number of aromatic nitrogens is 2. The summed E-state index contributed by atoms with van der Waals surface area (Å²) in [5.41, 5.74) is 1.97. The minimum atomic E-state index is -0.393. The summed E-state index contributed by atoms with van der Waals surface area (Å²) in [6.45, 7) is 2.51. The van der Waals surface area contributed by atoms with Crippen LogP contribution in [-0.4, -0.2) is 44.6 Å². The fourth-order valence-corrected chi connectivity index (χ4v) is 3.06. The van der Waals surface area contributed by atoms with Crippen molar-refractivity contribution in [2.75, 3.05) is 6.54 Å². The molecule has 0 aliphatic carbocycles. The summed E-state index contributed by atoms with van der Waals surface area (Å²) in [5.74, 6) is -0.00995. The fraction of sp³-hybridized carbons (Fsp3) is 0.438. The number of rotatable bonds is 3. The van der Waals surface area contributed by atoms with E-state index in [0.717, 1.165) is 24.9 Å². The van der Waals surface area contributed by atoms with Gasteiger partial charge >= 0.3 is 0 Å². The van der Waals surface area contributed by atoms with E-state index in [2.05, 4.69) is 9.97 Å². The van der Waals surface area contributed by atoms with Crippen LogP contribution in [0.2, 0.25) is 0 Å². The van der Waals surface area contributed by atoms with E-state index in [1.54, 1.807) is 25.4 Å². The number of aliphatic hydroxyl groups excluding tert-OH is 1. The molecule has 1 aromatic carbocycles. The van der Waals surface area contributed by atoms with Gasteiger partial charge in [0.05, 0.1) is 17.2 Å². The second-order valence-electron chi connectivity index (χ2n) is 5.61. The first-order chi connectivity index (χ1) is 10.2. The van der Waals surface area contributed by atoms with Gasteiger partial charge in [-0.25, -0.2) is 0 Å². The Morgan fingerprint density at radius 2 is 2.24 bits per heavy atom. The van der Waals surface area contributed by atoms with Gasteiger partial charge in [0.15, 0.2) is 0 Å². The van der Waals surface area contributed by atoms with Crippen LogP contribution in [0.25, 0.3) is 11.0 Å². The number of aliphatic hydroxyl groups is 1. The Balaban J connectivity index is 1.93. The molecule has 1 fully saturated rings. The predicted molar refractivity (Wildman–Crippen MR) is 79.9 cm³/mol. The number of carbonyl (C=O) groups is 1. The van der Waals surface area contributed by atoms with E-state index in [1.165, 1.54) is 0 Å². The summed E-state index contributed by atoms with van der Waals surface area (Å²) >= 11 is 0. The molecule has 2 unspecified atom stereocenters. The third-order valence-corrected chi connectivity index (χ3v) is 3.98. The molecule has 1 amide bonds. The number of nitrogens with zero attached hydrogens (tertiary/aromatic N) is 3. The number of benzene rings is 1. The largest absolute Gasteiger partial charge is 0.393 e. The molecule has 2 atom stereocenters. The lowest BCUT2D eigenvalue weighted by Crippen LogP contribution is -2.37. The van der Waals surface area contributed by atoms with E-state index in [0.29, 0.717) is 17.5 Å². The van der Waals surface area contributed by atoms with Crippen LogP contribution in [0.1, 0.15) is 36.5 Å². The van der Waals surface area contributed by atoms with Crippen LogP contribution in [0.5, 0.6) is 0 Å². The van der Waals surface area contributed by atoms with Crippen LogP contribution < -0.4 is 0 Å². The molecule has 5 nitrogen and oxygen atoms in total. The Morgan fingerprint density at radius 3 is 3.05 bits per heavy atom. The highest BCUT2D eigenvalue weighted by Crippen LogP contribution is 2.25. The van der Waals surface area contributed by atoms with E-state index in [-0.39, 0.29) is 11.9 Å². The molecular formula is C16H19N3O2. The maximum absolute atomic E-state index is 12.8. The number of para-hydroxylation sites is 1. The molecule has 2 aromatic rings. The van der Waals surface area contributed by atoms with Crippen molar-refractivity contribution in [2.45, 2.75) is 38.3 Å². The number of fused-ring (bicyclic) bond motifs is 1. The van der Waals surface area contributed by atoms with E-state index in [4.69, 9.17) is 0 Å². The highest BCUT2D eigenvalue weighted by atomic mass is 16.3. The summed E-state index contributed by atoms with van der Waals surface area (Å²) in [4.78, 5) is 23.2. The van der Waals surface area contributed by atoms with Gasteiger partial charge in [-0.3, -0.25) is 14.8 Å². The first-order valence-electron chi connectivity index (χ1n) is 7.35. The minimum Gasteiger partial charge on any atom is -0.393 e. The lowest BCUT2D eigenvalue weighted by atomic mass is 10.1. The molecule has 0 spiro atoms. The minimum absolute atomic E-state index is 0.00995. The Hall–Kier alpha value is -2.01. The molecule has 3 rings (SSSR count). The van der Waals surface area contributed by atoms with E-state index in [1.807, 2.05) is 17.0 Å². The molecule has 21 heavy (non-hydrogen) atoms. The highest BCUT2D eigenvalue weighted by molar-refractivity contribution is 6.04. The average Bonchev–Trinajstić information content (AvgIpc) is 2.93. The van der Waals surface area contributed by atoms with Crippen LogP contribution in [0.4, 0.5) is 0 Å². The number of hydrogen-bond acceptors (Lipinski definition) is 4. The maximum atomic E-state index is 12.8. The van der Waals surface area contributed by atoms with Crippen molar-refractivity contribution in [3.05, 3.63) is 36.2 Å². The number of hydrogen-bond donors (Lipinski definition) is 1. The van der Waals surface area contributed by atoms with Crippen molar-refractivity contribution in [1.29, 1.82) is 0 Å². The van der Waals surface area contributed by atoms with Crippen molar-refractivity contribution in [1.82, 2.24) is 14.9 Å². The number of amides is 1. The number of likely N-dealkylation sites (tertiary alicyclic amines) is 1. The lowest BCUT2D eigenvalue weighted by molar-refractivity contribution is 0.0684. The zero-order chi connectivity index (χ0) is 14.8. The van der Waals surface area contributed by atoms with Gasteiger partial charge in [-0.1, -0.05) is 6.07 Å². The third-order valence-electron chi connectivity index (χ3n) is 3.98. The first-order valence-corrected chi connectivity index (χ1v) is 7.35. The van der Waals surface area contributed by atoms with Gasteiger partial charge < -0.3 is 10.0 Å². The lowest BCUT2D eigenvalue weighted by Gasteiger charge is -2.26. The molecule has 110 valence electrons. The smallest absolute Gasteiger partial charge is 0.256 e. The van der Waals surface area contributed by atoms with Gasteiger partial charge in [0.25, 0.3) is 5.91 Å². The maximum Gasteiger partial charge on any atom is 0.256 e. The SMILES string of the molecule is CC(O)CC1CCCN1C(=O)c1cccc2nccnc12. The van der Waals surface area contributed by atoms with E-state index < -0.39 is 6.10 Å². The zero-order valence-electron chi connectivity index (χ0n) is 12.1. The highest BCUT2D eigenvalue weighted by Gasteiger charge is 2.31. The van der Waals surface area contributed by atoms with Gasteiger partial charge in [-0.2, -0.15) is 0 Å². The summed E-state index contributed by atoms with van der Waals surface area (Å²) in [6, 6.07) is 5.61. The normalized spacial score (nSPS) is 19.9. The molecule has 1 saturated heterocycles. The van der Waals surface area contributed by atoms with Crippen LogP contribution in [0.15, 0.2) is 30.6 Å². The molecule has 2 heterocycles. The summed E-state index contributed by atoms with van der Waals surface area (Å²) in [6.07, 6.45) is 5.41. The predicted octanol–water partition coefficient (Wildman–Crippen LogP) is 2.01. The van der Waals surface area contributed by atoms with Gasteiger partial charge in [-0.05, 0) is 38.3 Å². The molecule has 1 aliphatic heterocycles. The van der Waals surface area contributed by atoms with Crippen LogP contribution in [-0.2, 0) is 0 Å². The quantitative estimate of drug-likeness (QED) is 0.936. The molecule has 0 saturated carbocycles. The summed E-state index contributed by atoms with van der Waals surface area (Å²) < 4.78 is 0. The standard InChI is InChI=1S/C16H19N3O2/c1-11(20)10-12-4-3-9-19(12)16(21)13-5-2-6-14-15(13)18-8-7-17-14/h2,5-8,11-12,20H,3-4,9-10H2,1H3. The van der Waals surface area contributed by atoms with Crippen molar-refractivity contribution in [2.24, 2.45) is 0 Å². The van der Waals surface area contributed by atoms with Gasteiger partial charge in [0, 0.05) is 25.0 Å². The van der Waals surface area contributed by atoms with Gasteiger partial charge in [0.1, 0.15) is 5.52 Å². The Bertz CT molecular complexity index is 652. The zero-order valence-corrected chi connectivity index (χ0v) is 12.1. The molecular weight excluding hydrogens is 266 g/mol. The van der Waals surface area contributed by atoms with E-state index in [9.17, 15) is 9.90 Å². The second-order valence-corrected chi connectivity index (χ2v) is 5.61. The van der Waals surface area contributed by atoms with Crippen molar-refractivity contribution in [3.8, 4) is 0 Å². The Morgan fingerprint density at radius 1 is 1.43 bits per heavy atom. The molecule has 0 radical (unpaired) electrons. The molecule has 1 aliphatic rings. The van der Waals surface area contributed by atoms with E-state index >= 15 is 0 Å². The average molecular weight is 285 g/mol. The Labute approximate surface area is 123 Å². The fourth-order valence-electron chi connectivity index (χ4n) is 3.06. The molecule has 1 aromatic heterocycles. The van der Waals surface area contributed by atoms with Crippen LogP contribution >= 0.6 is 0 Å². The van der Waals surface area contributed by atoms with Crippen LogP contribution in [0, 0.1) is 0 Å².